The Labute approximate surface area is 200 Å². The van der Waals surface area contributed by atoms with Crippen molar-refractivity contribution < 1.29 is 9.72 Å². The molecule has 0 aliphatic heterocycles. The zero-order valence-electron chi connectivity index (χ0n) is 17.0. The van der Waals surface area contributed by atoms with Crippen molar-refractivity contribution in [2.45, 2.75) is 10.6 Å². The van der Waals surface area contributed by atoms with Crippen molar-refractivity contribution in [2.75, 3.05) is 0 Å². The van der Waals surface area contributed by atoms with Crippen LogP contribution in [0, 0.1) is 10.1 Å². The standard InChI is InChI=1S/C22H17BrN6O3S/c23-17-9-13(21(30)28-22(24)25)1-2-14(17)11-33-16-6-3-12(4-7-16)20-26-18-8-5-15(29(31)32)10-19(18)27-20/h1-10H,11H2,(H,26,27)(H4,24,25,28,30). The van der Waals surface area contributed by atoms with Crippen molar-refractivity contribution in [2.24, 2.45) is 16.5 Å². The van der Waals surface area contributed by atoms with Crippen LogP contribution in [0.1, 0.15) is 15.9 Å². The molecular weight excluding hydrogens is 508 g/mol. The summed E-state index contributed by atoms with van der Waals surface area (Å²) >= 11 is 5.14. The fourth-order valence-electron chi connectivity index (χ4n) is 3.10. The number of nitro benzene ring substituents is 1. The molecule has 9 nitrogen and oxygen atoms in total. The number of fused-ring (bicyclic) bond motifs is 1. The topological polar surface area (TPSA) is 153 Å². The van der Waals surface area contributed by atoms with E-state index in [9.17, 15) is 14.9 Å². The average molecular weight is 525 g/mol. The van der Waals surface area contributed by atoms with Gasteiger partial charge in [-0.2, -0.15) is 4.99 Å². The van der Waals surface area contributed by atoms with Crippen LogP contribution in [0.5, 0.6) is 0 Å². The van der Waals surface area contributed by atoms with Crippen molar-refractivity contribution >= 4 is 56.3 Å². The number of H-pyrrole nitrogens is 1. The Morgan fingerprint density at radius 2 is 1.88 bits per heavy atom. The molecule has 0 fully saturated rings. The number of nitro groups is 1. The van der Waals surface area contributed by atoms with E-state index in [1.54, 1.807) is 30.0 Å². The fourth-order valence-corrected chi connectivity index (χ4v) is 4.70. The van der Waals surface area contributed by atoms with Crippen molar-refractivity contribution in [3.8, 4) is 11.4 Å². The summed E-state index contributed by atoms with van der Waals surface area (Å²) < 4.78 is 0.791. The number of carbonyl (C=O) groups excluding carboxylic acids is 1. The van der Waals surface area contributed by atoms with Gasteiger partial charge in [0, 0.05) is 38.4 Å². The molecule has 0 spiro atoms. The monoisotopic (exact) mass is 524 g/mol. The number of hydrogen-bond donors (Lipinski definition) is 3. The van der Waals surface area contributed by atoms with Gasteiger partial charge in [0.1, 0.15) is 5.82 Å². The average Bonchev–Trinajstić information content (AvgIpc) is 3.21. The molecule has 11 heteroatoms. The maximum Gasteiger partial charge on any atom is 0.280 e. The van der Waals surface area contributed by atoms with E-state index in [2.05, 4.69) is 30.9 Å². The van der Waals surface area contributed by atoms with Gasteiger partial charge < -0.3 is 16.5 Å². The number of carbonyl (C=O) groups is 1. The molecule has 0 radical (unpaired) electrons. The maximum atomic E-state index is 11.9. The molecule has 1 amide bonds. The summed E-state index contributed by atoms with van der Waals surface area (Å²) in [5.41, 5.74) is 14.1. The van der Waals surface area contributed by atoms with Gasteiger partial charge in [-0.25, -0.2) is 4.98 Å². The number of imidazole rings is 1. The summed E-state index contributed by atoms with van der Waals surface area (Å²) in [6.07, 6.45) is 0. The molecule has 1 heterocycles. The molecule has 3 aromatic carbocycles. The van der Waals surface area contributed by atoms with Crippen LogP contribution in [0.3, 0.4) is 0 Å². The Morgan fingerprint density at radius 3 is 2.55 bits per heavy atom. The molecular formula is C22H17BrN6O3S. The van der Waals surface area contributed by atoms with E-state index in [4.69, 9.17) is 11.5 Å². The third-order valence-corrected chi connectivity index (χ3v) is 6.53. The van der Waals surface area contributed by atoms with Crippen LogP contribution in [-0.2, 0) is 5.75 Å². The van der Waals surface area contributed by atoms with Gasteiger partial charge in [-0.1, -0.05) is 34.1 Å². The third kappa shape index (κ3) is 5.21. The smallest absolute Gasteiger partial charge is 0.280 e. The van der Waals surface area contributed by atoms with Gasteiger partial charge in [0.05, 0.1) is 16.0 Å². The van der Waals surface area contributed by atoms with E-state index in [0.29, 0.717) is 28.2 Å². The van der Waals surface area contributed by atoms with Crippen LogP contribution in [0.25, 0.3) is 22.4 Å². The lowest BCUT2D eigenvalue weighted by molar-refractivity contribution is -0.384. The van der Waals surface area contributed by atoms with Crippen molar-refractivity contribution in [3.05, 3.63) is 86.4 Å². The van der Waals surface area contributed by atoms with Crippen LogP contribution >= 0.6 is 27.7 Å². The second kappa shape index (κ2) is 9.43. The largest absolute Gasteiger partial charge is 0.370 e. The molecule has 33 heavy (non-hydrogen) atoms. The lowest BCUT2D eigenvalue weighted by Crippen LogP contribution is -2.24. The van der Waals surface area contributed by atoms with Crippen LogP contribution in [0.4, 0.5) is 5.69 Å². The number of rotatable bonds is 6. The second-order valence-corrected chi connectivity index (χ2v) is 8.91. The molecule has 5 N–H and O–H groups in total. The fraction of sp³-hybridized carbons (Fsp3) is 0.0455. The number of guanidine groups is 1. The molecule has 0 saturated carbocycles. The highest BCUT2D eigenvalue weighted by Crippen LogP contribution is 2.30. The quantitative estimate of drug-likeness (QED) is 0.109. The summed E-state index contributed by atoms with van der Waals surface area (Å²) in [6.45, 7) is 0. The minimum Gasteiger partial charge on any atom is -0.370 e. The first-order valence-corrected chi connectivity index (χ1v) is 11.4. The molecule has 166 valence electrons. The molecule has 0 aliphatic carbocycles. The summed E-state index contributed by atoms with van der Waals surface area (Å²) in [5.74, 6) is 0.560. The minimum atomic E-state index is -0.495. The Hall–Kier alpha value is -3.70. The van der Waals surface area contributed by atoms with Crippen molar-refractivity contribution in [1.82, 2.24) is 9.97 Å². The van der Waals surface area contributed by atoms with Crippen molar-refractivity contribution in [1.29, 1.82) is 0 Å². The Balaban J connectivity index is 1.45. The van der Waals surface area contributed by atoms with Gasteiger partial charge in [0.25, 0.3) is 11.6 Å². The Kier molecular flexibility index (Phi) is 6.43. The van der Waals surface area contributed by atoms with Gasteiger partial charge in [-0.3, -0.25) is 14.9 Å². The summed E-state index contributed by atoms with van der Waals surface area (Å²) in [6, 6.07) is 17.6. The number of amides is 1. The van der Waals surface area contributed by atoms with Gasteiger partial charge in [-0.05, 0) is 35.9 Å². The lowest BCUT2D eigenvalue weighted by atomic mass is 10.1. The molecule has 0 atom stereocenters. The molecule has 4 aromatic rings. The first-order valence-electron chi connectivity index (χ1n) is 9.60. The highest BCUT2D eigenvalue weighted by atomic mass is 79.9. The molecule has 0 saturated heterocycles. The Bertz CT molecular complexity index is 1400. The first kappa shape index (κ1) is 22.5. The van der Waals surface area contributed by atoms with E-state index in [1.807, 2.05) is 30.3 Å². The van der Waals surface area contributed by atoms with Crippen LogP contribution < -0.4 is 11.5 Å². The zero-order chi connectivity index (χ0) is 23.5. The lowest BCUT2D eigenvalue weighted by Gasteiger charge is -2.07. The van der Waals surface area contributed by atoms with E-state index >= 15 is 0 Å². The number of benzene rings is 3. The summed E-state index contributed by atoms with van der Waals surface area (Å²) in [5, 5.41) is 11.0. The highest BCUT2D eigenvalue weighted by Gasteiger charge is 2.12. The van der Waals surface area contributed by atoms with Gasteiger partial charge in [0.2, 0.25) is 0 Å². The molecule has 4 rings (SSSR count). The predicted octanol–water partition coefficient (Wildman–Crippen LogP) is 4.61. The predicted molar refractivity (Wildman–Crippen MR) is 132 cm³/mol. The molecule has 0 bridgehead atoms. The van der Waals surface area contributed by atoms with E-state index in [1.165, 1.54) is 12.1 Å². The second-order valence-electron chi connectivity index (χ2n) is 7.01. The zero-order valence-corrected chi connectivity index (χ0v) is 19.4. The third-order valence-electron chi connectivity index (χ3n) is 4.73. The number of aromatic amines is 1. The number of thioether (sulfide) groups is 1. The maximum absolute atomic E-state index is 11.9. The number of nitrogens with zero attached hydrogens (tertiary/aromatic N) is 3. The summed E-state index contributed by atoms with van der Waals surface area (Å²) in [4.78, 5) is 34.7. The van der Waals surface area contributed by atoms with E-state index in [0.717, 1.165) is 20.5 Å². The molecule has 0 unspecified atom stereocenters. The number of aliphatic imine (C=N–C) groups is 1. The number of nitrogens with two attached hydrogens (primary N) is 2. The summed E-state index contributed by atoms with van der Waals surface area (Å²) in [7, 11) is 0. The molecule has 0 aliphatic rings. The number of hydrogen-bond acceptors (Lipinski definition) is 5. The van der Waals surface area contributed by atoms with Gasteiger partial charge >= 0.3 is 0 Å². The number of nitrogens with one attached hydrogen (secondary N) is 1. The van der Waals surface area contributed by atoms with Crippen LogP contribution in [0.2, 0.25) is 0 Å². The minimum absolute atomic E-state index is 0.0178. The first-order chi connectivity index (χ1) is 15.8. The van der Waals surface area contributed by atoms with Crippen molar-refractivity contribution in [3.63, 3.8) is 0 Å². The van der Waals surface area contributed by atoms with Gasteiger partial charge in [0.15, 0.2) is 5.96 Å². The SMILES string of the molecule is NC(N)=NC(=O)c1ccc(CSc2ccc(-c3nc4ccc([N+](=O)[O-])cc4[nH]3)cc2)c(Br)c1. The Morgan fingerprint density at radius 1 is 1.12 bits per heavy atom. The van der Waals surface area contributed by atoms with E-state index in [-0.39, 0.29) is 11.6 Å². The van der Waals surface area contributed by atoms with Crippen LogP contribution in [-0.4, -0.2) is 26.8 Å². The van der Waals surface area contributed by atoms with E-state index < -0.39 is 10.8 Å². The number of non-ortho nitro benzene ring substituents is 1. The normalized spacial score (nSPS) is 10.8. The molecule has 1 aromatic heterocycles. The van der Waals surface area contributed by atoms with Gasteiger partial charge in [-0.15, -0.1) is 11.8 Å². The number of halogens is 1. The highest BCUT2D eigenvalue weighted by molar-refractivity contribution is 9.10. The number of aromatic nitrogens is 2. The van der Waals surface area contributed by atoms with Crippen LogP contribution in [0.15, 0.2) is 75.0 Å².